The Morgan fingerprint density at radius 3 is 2.35 bits per heavy atom. The van der Waals surface area contributed by atoms with Crippen LogP contribution >= 0.6 is 24.0 Å². The van der Waals surface area contributed by atoms with Gasteiger partial charge in [0.1, 0.15) is 5.75 Å². The second-order valence-corrected chi connectivity index (χ2v) is 7.27. The molecule has 1 saturated carbocycles. The van der Waals surface area contributed by atoms with Crippen LogP contribution in [0, 0.1) is 5.92 Å². The van der Waals surface area contributed by atoms with Crippen LogP contribution in [0.5, 0.6) is 5.75 Å². The van der Waals surface area contributed by atoms with E-state index in [2.05, 4.69) is 15.0 Å². The zero-order valence-corrected chi connectivity index (χ0v) is 16.1. The summed E-state index contributed by atoms with van der Waals surface area (Å²) < 4.78 is 41.4. The van der Waals surface area contributed by atoms with Crippen LogP contribution in [-0.2, 0) is 0 Å². The largest absolute Gasteiger partial charge is 0.573 e. The summed E-state index contributed by atoms with van der Waals surface area (Å²) in [6, 6.07) is 4.96. The molecule has 1 N–H and O–H groups in total. The molecule has 0 unspecified atom stereocenters. The van der Waals surface area contributed by atoms with E-state index in [0.29, 0.717) is 5.92 Å². The Labute approximate surface area is 163 Å². The van der Waals surface area contributed by atoms with Gasteiger partial charge in [-0.15, -0.1) is 25.6 Å². The molecule has 1 aromatic rings. The third-order valence-electron chi connectivity index (χ3n) is 5.16. The van der Waals surface area contributed by atoms with E-state index in [-0.39, 0.29) is 29.2 Å². The monoisotopic (exact) mass is 412 g/mol. The molecular weight excluding hydrogens is 388 g/mol. The van der Waals surface area contributed by atoms with E-state index in [9.17, 15) is 13.2 Å². The van der Waals surface area contributed by atoms with Crippen molar-refractivity contribution in [3.63, 3.8) is 0 Å². The molecule has 2 aliphatic rings. The van der Waals surface area contributed by atoms with Crippen molar-refractivity contribution in [1.82, 2.24) is 10.2 Å². The van der Waals surface area contributed by atoms with Gasteiger partial charge in [0.15, 0.2) is 0 Å². The van der Waals surface area contributed by atoms with Crippen LogP contribution in [0.1, 0.15) is 43.7 Å². The highest BCUT2D eigenvalue weighted by atomic mass is 35.5. The zero-order valence-electron chi connectivity index (χ0n) is 14.5. The topological polar surface area (TPSA) is 24.5 Å². The Balaban J connectivity index is 0.00000243. The molecule has 8 heteroatoms. The molecule has 0 spiro atoms. The Bertz CT molecular complexity index is 556. The lowest BCUT2D eigenvalue weighted by Gasteiger charge is -2.41. The van der Waals surface area contributed by atoms with Gasteiger partial charge in [-0.05, 0) is 36.5 Å². The SMILES string of the molecule is Cl.FC(F)(F)Oc1ccc([C@@H](C2CCCCC2)N2CCNCC2)cc1Cl. The average Bonchev–Trinajstić information content (AvgIpc) is 2.58. The Morgan fingerprint density at radius 1 is 1.12 bits per heavy atom. The van der Waals surface area contributed by atoms with Crippen LogP contribution < -0.4 is 10.1 Å². The standard InChI is InChI=1S/C18H24ClF3N2O.ClH/c19-15-12-14(6-7-16(15)25-18(20,21)22)17(13-4-2-1-3-5-13)24-10-8-23-9-11-24;/h6-7,12-13,17,23H,1-5,8-11H2;1H/t17-;/m1./s1. The Morgan fingerprint density at radius 2 is 1.77 bits per heavy atom. The van der Waals surface area contributed by atoms with Gasteiger partial charge in [0.05, 0.1) is 5.02 Å². The van der Waals surface area contributed by atoms with Crippen molar-refractivity contribution >= 4 is 24.0 Å². The molecule has 1 atom stereocenters. The van der Waals surface area contributed by atoms with Gasteiger partial charge in [0, 0.05) is 32.2 Å². The third-order valence-corrected chi connectivity index (χ3v) is 5.46. The first-order chi connectivity index (χ1) is 11.9. The van der Waals surface area contributed by atoms with Crippen LogP contribution in [0.3, 0.4) is 0 Å². The molecule has 26 heavy (non-hydrogen) atoms. The predicted molar refractivity (Wildman–Crippen MR) is 99.1 cm³/mol. The molecular formula is C18H25Cl2F3N2O. The van der Waals surface area contributed by atoms with E-state index < -0.39 is 6.36 Å². The van der Waals surface area contributed by atoms with Crippen molar-refractivity contribution in [3.8, 4) is 5.75 Å². The van der Waals surface area contributed by atoms with Gasteiger partial charge in [0.25, 0.3) is 0 Å². The number of rotatable bonds is 4. The third kappa shape index (κ3) is 5.65. The molecule has 3 nitrogen and oxygen atoms in total. The van der Waals surface area contributed by atoms with Crippen LogP contribution in [-0.4, -0.2) is 37.4 Å². The summed E-state index contributed by atoms with van der Waals surface area (Å²) in [5.74, 6) is 0.193. The summed E-state index contributed by atoms with van der Waals surface area (Å²) in [5, 5.41) is 3.38. The molecule has 0 bridgehead atoms. The van der Waals surface area contributed by atoms with Crippen molar-refractivity contribution in [2.24, 2.45) is 5.92 Å². The number of alkyl halides is 3. The van der Waals surface area contributed by atoms with E-state index in [0.717, 1.165) is 44.6 Å². The molecule has 1 saturated heterocycles. The minimum Gasteiger partial charge on any atom is -0.404 e. The molecule has 0 amide bonds. The van der Waals surface area contributed by atoms with E-state index in [1.165, 1.54) is 25.3 Å². The van der Waals surface area contributed by atoms with E-state index in [1.807, 2.05) is 0 Å². The van der Waals surface area contributed by atoms with Gasteiger partial charge < -0.3 is 10.1 Å². The smallest absolute Gasteiger partial charge is 0.404 e. The summed E-state index contributed by atoms with van der Waals surface area (Å²) in [6.45, 7) is 3.76. The quantitative estimate of drug-likeness (QED) is 0.736. The fourth-order valence-corrected chi connectivity index (χ4v) is 4.33. The summed E-state index contributed by atoms with van der Waals surface area (Å²) in [7, 11) is 0. The maximum atomic E-state index is 12.5. The van der Waals surface area contributed by atoms with Crippen LogP contribution in [0.2, 0.25) is 5.02 Å². The number of hydrogen-bond acceptors (Lipinski definition) is 3. The number of piperazine rings is 1. The number of nitrogens with zero attached hydrogens (tertiary/aromatic N) is 1. The van der Waals surface area contributed by atoms with E-state index in [4.69, 9.17) is 11.6 Å². The summed E-state index contributed by atoms with van der Waals surface area (Å²) in [4.78, 5) is 2.45. The predicted octanol–water partition coefficient (Wildman–Crippen LogP) is 5.19. The Hall–Kier alpha value is -0.690. The number of hydrogen-bond donors (Lipinski definition) is 1. The second-order valence-electron chi connectivity index (χ2n) is 6.87. The second kappa shape index (κ2) is 9.49. The minimum absolute atomic E-state index is 0. The summed E-state index contributed by atoms with van der Waals surface area (Å²) in [5.41, 5.74) is 0.994. The molecule has 0 radical (unpaired) electrons. The van der Waals surface area contributed by atoms with Gasteiger partial charge in [0.2, 0.25) is 0 Å². The maximum absolute atomic E-state index is 12.5. The van der Waals surface area contributed by atoms with Crippen LogP contribution in [0.25, 0.3) is 0 Å². The average molecular weight is 413 g/mol. The molecule has 1 aliphatic carbocycles. The first kappa shape index (κ1) is 21.6. The first-order valence-electron chi connectivity index (χ1n) is 8.94. The molecule has 148 valence electrons. The molecule has 3 rings (SSSR count). The first-order valence-corrected chi connectivity index (χ1v) is 9.32. The fraction of sp³-hybridized carbons (Fsp3) is 0.667. The van der Waals surface area contributed by atoms with E-state index >= 15 is 0 Å². The van der Waals surface area contributed by atoms with Crippen molar-refractivity contribution in [2.45, 2.75) is 44.5 Å². The highest BCUT2D eigenvalue weighted by molar-refractivity contribution is 6.32. The lowest BCUT2D eigenvalue weighted by Crippen LogP contribution is -2.47. The van der Waals surface area contributed by atoms with Gasteiger partial charge in [-0.25, -0.2) is 0 Å². The number of benzene rings is 1. The number of nitrogens with one attached hydrogen (secondary N) is 1. The van der Waals surface area contributed by atoms with Gasteiger partial charge in [-0.1, -0.05) is 36.9 Å². The van der Waals surface area contributed by atoms with Crippen molar-refractivity contribution in [1.29, 1.82) is 0 Å². The highest BCUT2D eigenvalue weighted by Crippen LogP contribution is 2.41. The summed E-state index contributed by atoms with van der Waals surface area (Å²) >= 11 is 6.10. The zero-order chi connectivity index (χ0) is 17.9. The lowest BCUT2D eigenvalue weighted by molar-refractivity contribution is -0.274. The van der Waals surface area contributed by atoms with Gasteiger partial charge in [-0.2, -0.15) is 0 Å². The van der Waals surface area contributed by atoms with Gasteiger partial charge >= 0.3 is 6.36 Å². The molecule has 0 aromatic heterocycles. The van der Waals surface area contributed by atoms with Gasteiger partial charge in [-0.3, -0.25) is 4.90 Å². The normalized spacial score (nSPS) is 21.1. The molecule has 2 fully saturated rings. The van der Waals surface area contributed by atoms with Crippen LogP contribution in [0.4, 0.5) is 13.2 Å². The van der Waals surface area contributed by atoms with Crippen molar-refractivity contribution in [3.05, 3.63) is 28.8 Å². The van der Waals surface area contributed by atoms with E-state index in [1.54, 1.807) is 12.1 Å². The Kier molecular flexibility index (Phi) is 7.89. The number of halogens is 5. The lowest BCUT2D eigenvalue weighted by atomic mass is 9.80. The highest BCUT2D eigenvalue weighted by Gasteiger charge is 2.34. The molecule has 1 heterocycles. The fourth-order valence-electron chi connectivity index (χ4n) is 4.10. The minimum atomic E-state index is -4.73. The maximum Gasteiger partial charge on any atom is 0.573 e. The van der Waals surface area contributed by atoms with Crippen molar-refractivity contribution in [2.75, 3.05) is 26.2 Å². The van der Waals surface area contributed by atoms with Crippen LogP contribution in [0.15, 0.2) is 18.2 Å². The van der Waals surface area contributed by atoms with Crippen molar-refractivity contribution < 1.29 is 17.9 Å². The summed E-state index contributed by atoms with van der Waals surface area (Å²) in [6.07, 6.45) is 1.29. The molecule has 1 aliphatic heterocycles. The number of ether oxygens (including phenoxy) is 1. The molecule has 1 aromatic carbocycles.